The Kier molecular flexibility index (Phi) is 3.35. The number of rotatable bonds is 3. The number of carbonyl (C=O) groups excluding carboxylic acids is 1. The van der Waals surface area contributed by atoms with Crippen LogP contribution in [0.5, 0.6) is 0 Å². The fourth-order valence-corrected chi connectivity index (χ4v) is 1.41. The number of hydrogen-bond acceptors (Lipinski definition) is 5. The van der Waals surface area contributed by atoms with E-state index in [-0.39, 0.29) is 5.69 Å². The Bertz CT molecular complexity index is 506. The molecule has 0 atom stereocenters. The molecule has 0 radical (unpaired) electrons. The maximum absolute atomic E-state index is 11.3. The van der Waals surface area contributed by atoms with E-state index in [1.54, 1.807) is 4.72 Å². The number of nitrogens with zero attached hydrogens (tertiary/aromatic N) is 3. The summed E-state index contributed by atoms with van der Waals surface area (Å²) in [6.45, 7) is 0. The van der Waals surface area contributed by atoms with Crippen molar-refractivity contribution >= 4 is 22.1 Å². The Morgan fingerprint density at radius 3 is 2.56 bits per heavy atom. The lowest BCUT2D eigenvalue weighted by molar-refractivity contribution is 0.0976. The predicted molar refractivity (Wildman–Crippen MR) is 54.2 cm³/mol. The summed E-state index contributed by atoms with van der Waals surface area (Å²) in [5.41, 5.74) is 9.55. The fraction of sp³-hybridized carbons (Fsp3) is 0. The third-order valence-corrected chi connectivity index (χ3v) is 2.14. The molecule has 0 unspecified atom stereocenters. The Balaban J connectivity index is 2.85. The first-order chi connectivity index (χ1) is 7.41. The normalized spacial score (nSPS) is 10.5. The minimum Gasteiger partial charge on any atom is -0.369 e. The summed E-state index contributed by atoms with van der Waals surface area (Å²) >= 11 is 0. The zero-order chi connectivity index (χ0) is 12.2. The first-order valence-electron chi connectivity index (χ1n) is 3.85. The number of hydrogen-bond donors (Lipinski definition) is 3. The third-order valence-electron chi connectivity index (χ3n) is 1.24. The highest BCUT2D eigenvalue weighted by molar-refractivity contribution is 7.88. The summed E-state index contributed by atoms with van der Waals surface area (Å²) < 4.78 is 26.6. The third kappa shape index (κ3) is 3.49. The second-order valence-corrected chi connectivity index (χ2v) is 3.85. The van der Waals surface area contributed by atoms with Gasteiger partial charge in [-0.25, -0.2) is 9.71 Å². The molecule has 0 spiro atoms. The summed E-state index contributed by atoms with van der Waals surface area (Å²) in [7, 11) is -4.26. The van der Waals surface area contributed by atoms with Gasteiger partial charge in [-0.1, -0.05) is 0 Å². The minimum absolute atomic E-state index is 0.170. The number of aromatic nitrogens is 2. The number of carbonyl (C=O) groups is 1. The molecular formula is C6H8N6O3S. The highest BCUT2D eigenvalue weighted by Crippen LogP contribution is 1.93. The van der Waals surface area contributed by atoms with Crippen molar-refractivity contribution in [2.24, 2.45) is 15.9 Å². The fourth-order valence-electron chi connectivity index (χ4n) is 0.747. The van der Waals surface area contributed by atoms with Crippen molar-refractivity contribution in [3.05, 3.63) is 24.3 Å². The van der Waals surface area contributed by atoms with Gasteiger partial charge in [-0.15, -0.1) is 4.40 Å². The van der Waals surface area contributed by atoms with Crippen molar-refractivity contribution < 1.29 is 13.2 Å². The smallest absolute Gasteiger partial charge is 0.347 e. The second-order valence-electron chi connectivity index (χ2n) is 2.51. The maximum Gasteiger partial charge on any atom is 0.347 e. The first kappa shape index (κ1) is 11.8. The first-order valence-corrected chi connectivity index (χ1v) is 5.29. The molecule has 10 heteroatoms. The highest BCUT2D eigenvalue weighted by atomic mass is 32.2. The van der Waals surface area contributed by atoms with Crippen LogP contribution in [0.1, 0.15) is 10.5 Å². The molecule has 0 fully saturated rings. The Morgan fingerprint density at radius 1 is 1.38 bits per heavy atom. The van der Waals surface area contributed by atoms with Gasteiger partial charge in [0.05, 0.1) is 6.20 Å². The largest absolute Gasteiger partial charge is 0.369 e. The van der Waals surface area contributed by atoms with Gasteiger partial charge in [0, 0.05) is 12.4 Å². The molecule has 5 N–H and O–H groups in total. The van der Waals surface area contributed by atoms with E-state index in [0.717, 1.165) is 6.20 Å². The standard InChI is InChI=1S/C6H8N6O3S/c7-6(8)12-16(14,15)11-5(13)4-3-9-1-2-10-4/h1-3H,(H,11,13)(H4,7,8,12). The number of amides is 1. The summed E-state index contributed by atoms with van der Waals surface area (Å²) in [5, 5.41) is 0. The molecule has 0 aliphatic rings. The van der Waals surface area contributed by atoms with Crippen LogP contribution in [0.3, 0.4) is 0 Å². The van der Waals surface area contributed by atoms with Gasteiger partial charge < -0.3 is 11.5 Å². The number of nitrogens with two attached hydrogens (primary N) is 2. The van der Waals surface area contributed by atoms with Crippen molar-refractivity contribution in [1.82, 2.24) is 14.7 Å². The number of guanidine groups is 1. The zero-order valence-electron chi connectivity index (χ0n) is 7.86. The van der Waals surface area contributed by atoms with E-state index < -0.39 is 22.1 Å². The summed E-state index contributed by atoms with van der Waals surface area (Å²) in [5.74, 6) is -1.66. The lowest BCUT2D eigenvalue weighted by Crippen LogP contribution is -2.33. The maximum atomic E-state index is 11.3. The molecule has 0 aliphatic heterocycles. The molecule has 1 rings (SSSR count). The van der Waals surface area contributed by atoms with Gasteiger partial charge in [0.15, 0.2) is 0 Å². The quantitative estimate of drug-likeness (QED) is 0.400. The molecule has 0 saturated heterocycles. The van der Waals surface area contributed by atoms with Crippen LogP contribution in [-0.2, 0) is 10.2 Å². The van der Waals surface area contributed by atoms with Gasteiger partial charge in [0.1, 0.15) is 5.69 Å². The van der Waals surface area contributed by atoms with E-state index in [1.165, 1.54) is 12.4 Å². The van der Waals surface area contributed by atoms with E-state index in [1.807, 2.05) is 0 Å². The molecule has 0 aromatic carbocycles. The number of nitrogens with one attached hydrogen (secondary N) is 1. The molecule has 9 nitrogen and oxygen atoms in total. The molecule has 86 valence electrons. The van der Waals surface area contributed by atoms with Gasteiger partial charge in [-0.05, 0) is 0 Å². The van der Waals surface area contributed by atoms with Crippen LogP contribution in [-0.4, -0.2) is 30.3 Å². The van der Waals surface area contributed by atoms with Crippen molar-refractivity contribution in [3.8, 4) is 0 Å². The van der Waals surface area contributed by atoms with Crippen molar-refractivity contribution in [3.63, 3.8) is 0 Å². The Labute approximate surface area is 90.8 Å². The van der Waals surface area contributed by atoms with E-state index in [9.17, 15) is 13.2 Å². The van der Waals surface area contributed by atoms with Crippen LogP contribution in [0.4, 0.5) is 0 Å². The topological polar surface area (TPSA) is 153 Å². The van der Waals surface area contributed by atoms with Crippen LogP contribution in [0.25, 0.3) is 0 Å². The van der Waals surface area contributed by atoms with Gasteiger partial charge in [0.25, 0.3) is 5.91 Å². The summed E-state index contributed by atoms with van der Waals surface area (Å²) in [4.78, 5) is 18.5. The molecule has 1 heterocycles. The monoisotopic (exact) mass is 244 g/mol. The lowest BCUT2D eigenvalue weighted by Gasteiger charge is -2.01. The van der Waals surface area contributed by atoms with E-state index in [0.29, 0.717) is 0 Å². The SMILES string of the molecule is NC(N)=NS(=O)(=O)NC(=O)c1cnccn1. The average molecular weight is 244 g/mol. The second kappa shape index (κ2) is 4.53. The van der Waals surface area contributed by atoms with Crippen LogP contribution in [0.15, 0.2) is 23.0 Å². The van der Waals surface area contributed by atoms with Gasteiger partial charge in [0.2, 0.25) is 5.96 Å². The Morgan fingerprint density at radius 2 is 2.06 bits per heavy atom. The summed E-state index contributed by atoms with van der Waals surface area (Å²) in [6, 6.07) is 0. The lowest BCUT2D eigenvalue weighted by atomic mass is 10.4. The molecule has 0 aliphatic carbocycles. The Hall–Kier alpha value is -2.23. The molecule has 1 amide bonds. The molecule has 0 bridgehead atoms. The average Bonchev–Trinajstić information content (AvgIpc) is 2.16. The molecule has 1 aromatic rings. The van der Waals surface area contributed by atoms with Gasteiger partial charge in [-0.3, -0.25) is 9.78 Å². The van der Waals surface area contributed by atoms with Crippen LogP contribution in [0.2, 0.25) is 0 Å². The van der Waals surface area contributed by atoms with Crippen LogP contribution in [0, 0.1) is 0 Å². The summed E-state index contributed by atoms with van der Waals surface area (Å²) in [6.07, 6.45) is 3.67. The van der Waals surface area contributed by atoms with Crippen LogP contribution < -0.4 is 16.2 Å². The van der Waals surface area contributed by atoms with Crippen molar-refractivity contribution in [1.29, 1.82) is 0 Å². The van der Waals surface area contributed by atoms with Crippen molar-refractivity contribution in [2.75, 3.05) is 0 Å². The molecule has 16 heavy (non-hydrogen) atoms. The zero-order valence-corrected chi connectivity index (χ0v) is 8.68. The molecule has 1 aromatic heterocycles. The van der Waals surface area contributed by atoms with E-state index in [2.05, 4.69) is 14.4 Å². The van der Waals surface area contributed by atoms with Gasteiger partial charge >= 0.3 is 10.2 Å². The van der Waals surface area contributed by atoms with Crippen LogP contribution >= 0.6 is 0 Å². The molecular weight excluding hydrogens is 236 g/mol. The predicted octanol–water partition coefficient (Wildman–Crippen LogP) is -2.28. The van der Waals surface area contributed by atoms with Crippen molar-refractivity contribution in [2.45, 2.75) is 0 Å². The molecule has 0 saturated carbocycles. The highest BCUT2D eigenvalue weighted by Gasteiger charge is 2.15. The van der Waals surface area contributed by atoms with E-state index in [4.69, 9.17) is 11.5 Å². The minimum atomic E-state index is -4.26. The van der Waals surface area contributed by atoms with Gasteiger partial charge in [-0.2, -0.15) is 8.42 Å². The van der Waals surface area contributed by atoms with E-state index >= 15 is 0 Å².